The van der Waals surface area contributed by atoms with Crippen LogP contribution in [-0.4, -0.2) is 33.1 Å². The minimum atomic E-state index is -2.87. The van der Waals surface area contributed by atoms with Crippen LogP contribution in [0.4, 0.5) is 0 Å². The molecule has 1 heterocycles. The lowest BCUT2D eigenvalue weighted by atomic mass is 9.83. The van der Waals surface area contributed by atoms with Gasteiger partial charge in [0.2, 0.25) is 0 Å². The van der Waals surface area contributed by atoms with Gasteiger partial charge in [-0.1, -0.05) is 26.7 Å². The van der Waals surface area contributed by atoms with E-state index in [2.05, 4.69) is 13.8 Å². The van der Waals surface area contributed by atoms with E-state index >= 15 is 0 Å². The van der Waals surface area contributed by atoms with E-state index in [0.717, 1.165) is 25.7 Å². The zero-order chi connectivity index (χ0) is 12.1. The minimum Gasteiger partial charge on any atom is -0.381 e. The average molecular weight is 248 g/mol. The molecule has 1 unspecified atom stereocenters. The van der Waals surface area contributed by atoms with Crippen molar-refractivity contribution in [3.05, 3.63) is 0 Å². The highest BCUT2D eigenvalue weighted by atomic mass is 32.2. The molecule has 1 aliphatic rings. The first-order chi connectivity index (χ1) is 7.54. The van der Waals surface area contributed by atoms with Crippen LogP contribution in [0.2, 0.25) is 0 Å². The van der Waals surface area contributed by atoms with E-state index in [9.17, 15) is 8.42 Å². The molecule has 0 spiro atoms. The van der Waals surface area contributed by atoms with E-state index in [0.29, 0.717) is 31.1 Å². The van der Waals surface area contributed by atoms with Crippen molar-refractivity contribution in [1.82, 2.24) is 0 Å². The zero-order valence-electron chi connectivity index (χ0n) is 10.5. The summed E-state index contributed by atoms with van der Waals surface area (Å²) < 4.78 is 29.4. The van der Waals surface area contributed by atoms with Crippen molar-refractivity contribution >= 4 is 9.84 Å². The van der Waals surface area contributed by atoms with Gasteiger partial charge in [0.05, 0.1) is 18.1 Å². The summed E-state index contributed by atoms with van der Waals surface area (Å²) >= 11 is 0. The molecule has 0 bridgehead atoms. The van der Waals surface area contributed by atoms with Gasteiger partial charge in [-0.2, -0.15) is 0 Å². The predicted octanol–water partition coefficient (Wildman–Crippen LogP) is 2.41. The maximum absolute atomic E-state index is 11.9. The highest BCUT2D eigenvalue weighted by Gasteiger charge is 2.34. The van der Waals surface area contributed by atoms with Crippen LogP contribution in [0.1, 0.15) is 46.0 Å². The molecule has 0 amide bonds. The molecule has 1 saturated heterocycles. The van der Waals surface area contributed by atoms with E-state index in [4.69, 9.17) is 4.74 Å². The van der Waals surface area contributed by atoms with Gasteiger partial charge in [-0.3, -0.25) is 0 Å². The quantitative estimate of drug-likeness (QED) is 0.767. The summed E-state index contributed by atoms with van der Waals surface area (Å²) in [5, 5.41) is 0. The van der Waals surface area contributed by atoms with Gasteiger partial charge < -0.3 is 4.74 Å². The first-order valence-electron chi connectivity index (χ1n) is 6.32. The number of rotatable bonds is 4. The van der Waals surface area contributed by atoms with E-state index in [-0.39, 0.29) is 5.41 Å². The molecule has 0 aromatic heterocycles. The van der Waals surface area contributed by atoms with Gasteiger partial charge in [0.25, 0.3) is 0 Å². The Bertz CT molecular complexity index is 293. The van der Waals surface area contributed by atoms with Gasteiger partial charge in [-0.15, -0.1) is 0 Å². The van der Waals surface area contributed by atoms with Crippen LogP contribution >= 0.6 is 0 Å². The van der Waals surface area contributed by atoms with E-state index in [1.54, 1.807) is 0 Å². The second-order valence-corrected chi connectivity index (χ2v) is 7.14. The van der Waals surface area contributed by atoms with Crippen LogP contribution in [0.25, 0.3) is 0 Å². The molecule has 0 radical (unpaired) electrons. The van der Waals surface area contributed by atoms with Crippen LogP contribution < -0.4 is 0 Å². The van der Waals surface area contributed by atoms with Crippen molar-refractivity contribution < 1.29 is 13.2 Å². The molecule has 0 aliphatic carbocycles. The molecule has 1 rings (SSSR count). The van der Waals surface area contributed by atoms with Gasteiger partial charge >= 0.3 is 0 Å². The fourth-order valence-corrected chi connectivity index (χ4v) is 4.39. The summed E-state index contributed by atoms with van der Waals surface area (Å²) in [5.74, 6) is 0.609. The Balaban J connectivity index is 2.77. The molecular formula is C12H24O3S. The Morgan fingerprint density at radius 1 is 1.31 bits per heavy atom. The molecule has 3 nitrogen and oxygen atoms in total. The Labute approximate surface area is 99.5 Å². The first kappa shape index (κ1) is 14.0. The number of hydrogen-bond acceptors (Lipinski definition) is 3. The molecular weight excluding hydrogens is 224 g/mol. The average Bonchev–Trinajstić information content (AvgIpc) is 2.22. The largest absolute Gasteiger partial charge is 0.381 e. The monoisotopic (exact) mass is 248 g/mol. The van der Waals surface area contributed by atoms with Crippen LogP contribution in [0.3, 0.4) is 0 Å². The van der Waals surface area contributed by atoms with Crippen molar-refractivity contribution in [2.75, 3.05) is 24.7 Å². The lowest BCUT2D eigenvalue weighted by Gasteiger charge is -2.33. The standard InChI is InChI=1S/C12H24O3S/c1-3-5-7-12(4-2)10-15-8-6-9-16(13,14)11-12/h3-11H2,1-2H3. The number of hydrogen-bond donors (Lipinski definition) is 0. The lowest BCUT2D eigenvalue weighted by molar-refractivity contribution is 0.0437. The Morgan fingerprint density at radius 3 is 2.69 bits per heavy atom. The minimum absolute atomic E-state index is 0.130. The third-order valence-corrected chi connectivity index (χ3v) is 5.45. The summed E-state index contributed by atoms with van der Waals surface area (Å²) in [6.45, 7) is 5.42. The maximum Gasteiger partial charge on any atom is 0.151 e. The predicted molar refractivity (Wildman–Crippen MR) is 66.3 cm³/mol. The summed E-state index contributed by atoms with van der Waals surface area (Å²) in [6, 6.07) is 0. The number of unbranched alkanes of at least 4 members (excludes halogenated alkanes) is 1. The Kier molecular flexibility index (Phi) is 5.25. The zero-order valence-corrected chi connectivity index (χ0v) is 11.3. The van der Waals surface area contributed by atoms with E-state index < -0.39 is 9.84 Å². The molecule has 1 atom stereocenters. The second-order valence-electron chi connectivity index (χ2n) is 4.96. The fraction of sp³-hybridized carbons (Fsp3) is 1.00. The molecule has 96 valence electrons. The third-order valence-electron chi connectivity index (χ3n) is 3.49. The summed E-state index contributed by atoms with van der Waals surface area (Å²) in [7, 11) is -2.87. The molecule has 4 heteroatoms. The van der Waals surface area contributed by atoms with E-state index in [1.807, 2.05) is 0 Å². The molecule has 16 heavy (non-hydrogen) atoms. The highest BCUT2D eigenvalue weighted by Crippen LogP contribution is 2.32. The fourth-order valence-electron chi connectivity index (χ4n) is 2.33. The van der Waals surface area contributed by atoms with Gasteiger partial charge in [-0.05, 0) is 19.3 Å². The van der Waals surface area contributed by atoms with Crippen LogP contribution in [-0.2, 0) is 14.6 Å². The molecule has 1 aliphatic heterocycles. The number of sulfone groups is 1. The van der Waals surface area contributed by atoms with Crippen molar-refractivity contribution in [1.29, 1.82) is 0 Å². The lowest BCUT2D eigenvalue weighted by Crippen LogP contribution is -2.37. The second kappa shape index (κ2) is 6.01. The summed E-state index contributed by atoms with van der Waals surface area (Å²) in [4.78, 5) is 0. The molecule has 1 fully saturated rings. The third kappa shape index (κ3) is 4.06. The van der Waals surface area contributed by atoms with Gasteiger partial charge in [-0.25, -0.2) is 8.42 Å². The van der Waals surface area contributed by atoms with Crippen molar-refractivity contribution in [2.24, 2.45) is 5.41 Å². The van der Waals surface area contributed by atoms with Crippen LogP contribution in [0.5, 0.6) is 0 Å². The van der Waals surface area contributed by atoms with Crippen LogP contribution in [0.15, 0.2) is 0 Å². The highest BCUT2D eigenvalue weighted by molar-refractivity contribution is 7.91. The smallest absolute Gasteiger partial charge is 0.151 e. The van der Waals surface area contributed by atoms with Crippen molar-refractivity contribution in [2.45, 2.75) is 46.0 Å². The topological polar surface area (TPSA) is 43.4 Å². The van der Waals surface area contributed by atoms with Gasteiger partial charge in [0, 0.05) is 12.0 Å². The normalized spacial score (nSPS) is 30.6. The Morgan fingerprint density at radius 2 is 2.06 bits per heavy atom. The molecule has 0 N–H and O–H groups in total. The summed E-state index contributed by atoms with van der Waals surface area (Å²) in [6.07, 6.45) is 4.72. The number of ether oxygens (including phenoxy) is 1. The van der Waals surface area contributed by atoms with Gasteiger partial charge in [0.15, 0.2) is 9.84 Å². The first-order valence-corrected chi connectivity index (χ1v) is 8.14. The summed E-state index contributed by atoms with van der Waals surface area (Å²) in [5.41, 5.74) is -0.130. The maximum atomic E-state index is 11.9. The Hall–Kier alpha value is -0.0900. The molecule has 0 aromatic carbocycles. The molecule has 0 aromatic rings. The van der Waals surface area contributed by atoms with Crippen LogP contribution in [0, 0.1) is 5.41 Å². The van der Waals surface area contributed by atoms with E-state index in [1.165, 1.54) is 0 Å². The van der Waals surface area contributed by atoms with Crippen molar-refractivity contribution in [3.63, 3.8) is 0 Å². The molecule has 0 saturated carbocycles. The van der Waals surface area contributed by atoms with Gasteiger partial charge in [0.1, 0.15) is 0 Å². The van der Waals surface area contributed by atoms with Crippen molar-refractivity contribution in [3.8, 4) is 0 Å². The SMILES string of the molecule is CCCCC1(CC)COCCCS(=O)(=O)C1.